The molecule has 1 amide bonds. The van der Waals surface area contributed by atoms with Gasteiger partial charge in [0.05, 0.1) is 22.3 Å². The van der Waals surface area contributed by atoms with E-state index in [0.29, 0.717) is 17.0 Å². The summed E-state index contributed by atoms with van der Waals surface area (Å²) in [5.41, 5.74) is 2.93. The molecule has 3 heteroatoms. The summed E-state index contributed by atoms with van der Waals surface area (Å²) in [5.74, 6) is -0.213. The summed E-state index contributed by atoms with van der Waals surface area (Å²) in [5, 5.41) is 1.71. The van der Waals surface area contributed by atoms with Crippen molar-refractivity contribution < 1.29 is 4.79 Å². The van der Waals surface area contributed by atoms with Crippen LogP contribution < -0.4 is 10.6 Å². The summed E-state index contributed by atoms with van der Waals surface area (Å²) in [6, 6.07) is 17.3. The molecule has 2 aromatic carbocycles. The number of amides is 1. The molecule has 94 valence electrons. The van der Waals surface area contributed by atoms with Gasteiger partial charge in [-0.05, 0) is 12.1 Å². The van der Waals surface area contributed by atoms with Crippen LogP contribution in [0.4, 0.5) is 0 Å². The number of aliphatic imine (C=N–C) groups is 1. The minimum Gasteiger partial charge on any atom is -0.267 e. The van der Waals surface area contributed by atoms with Crippen LogP contribution in [0.15, 0.2) is 76.4 Å². The fraction of sp³-hybridized carbons (Fsp3) is 0. The first kappa shape index (κ1) is 11.1. The molecule has 0 aromatic heterocycles. The molecule has 3 nitrogen and oxygen atoms in total. The van der Waals surface area contributed by atoms with Gasteiger partial charge >= 0.3 is 0 Å². The monoisotopic (exact) mass is 258 g/mol. The van der Waals surface area contributed by atoms with Crippen LogP contribution in [-0.4, -0.2) is 11.6 Å². The number of allylic oxidation sites excluding steroid dienone is 1. The highest BCUT2D eigenvalue weighted by molar-refractivity contribution is 6.30. The molecule has 0 radical (unpaired) electrons. The fourth-order valence-corrected chi connectivity index (χ4v) is 2.52. The first-order chi connectivity index (χ1) is 9.83. The van der Waals surface area contributed by atoms with Crippen molar-refractivity contribution in [3.8, 4) is 0 Å². The second-order valence-electron chi connectivity index (χ2n) is 4.70. The zero-order valence-corrected chi connectivity index (χ0v) is 10.6. The molecule has 0 saturated carbocycles. The summed E-state index contributed by atoms with van der Waals surface area (Å²) in [6.07, 6.45) is 1.88. The number of carbonyl (C=O) groups is 1. The molecule has 0 spiro atoms. The SMILES string of the molecule is O=C1N=C(c2ccccc2)C=C2N=c3ccccc3=C12. The highest BCUT2D eigenvalue weighted by Gasteiger charge is 2.24. The molecule has 0 saturated heterocycles. The Morgan fingerprint density at radius 1 is 0.800 bits per heavy atom. The molecule has 2 aliphatic rings. The second-order valence-corrected chi connectivity index (χ2v) is 4.70. The Morgan fingerprint density at radius 3 is 2.40 bits per heavy atom. The molecule has 20 heavy (non-hydrogen) atoms. The fourth-order valence-electron chi connectivity index (χ4n) is 2.52. The lowest BCUT2D eigenvalue weighted by atomic mass is 10.0. The van der Waals surface area contributed by atoms with E-state index in [9.17, 15) is 4.79 Å². The van der Waals surface area contributed by atoms with E-state index in [1.54, 1.807) is 0 Å². The van der Waals surface area contributed by atoms with E-state index in [1.807, 2.05) is 60.7 Å². The zero-order valence-electron chi connectivity index (χ0n) is 10.6. The maximum absolute atomic E-state index is 12.3. The quantitative estimate of drug-likeness (QED) is 0.762. The number of benzene rings is 2. The van der Waals surface area contributed by atoms with Gasteiger partial charge in [-0.1, -0.05) is 48.5 Å². The molecule has 0 unspecified atom stereocenters. The Kier molecular flexibility index (Phi) is 2.27. The van der Waals surface area contributed by atoms with E-state index in [1.165, 1.54) is 0 Å². The zero-order chi connectivity index (χ0) is 13.5. The standard InChI is InChI=1S/C17H10N2O/c20-17-16-12-8-4-5-9-13(12)18-15(16)10-14(19-17)11-6-2-1-3-7-11/h1-10H. The Balaban J connectivity index is 1.94. The largest absolute Gasteiger partial charge is 0.280 e. The number of hydrogen-bond donors (Lipinski definition) is 0. The number of hydrogen-bond acceptors (Lipinski definition) is 2. The van der Waals surface area contributed by atoms with E-state index in [-0.39, 0.29) is 5.91 Å². The van der Waals surface area contributed by atoms with Crippen LogP contribution in [0.5, 0.6) is 0 Å². The van der Waals surface area contributed by atoms with Crippen molar-refractivity contribution in [2.24, 2.45) is 9.98 Å². The third-order valence-corrected chi connectivity index (χ3v) is 3.45. The first-order valence-corrected chi connectivity index (χ1v) is 6.41. The van der Waals surface area contributed by atoms with Gasteiger partial charge < -0.3 is 0 Å². The summed E-state index contributed by atoms with van der Waals surface area (Å²) >= 11 is 0. The van der Waals surface area contributed by atoms with E-state index < -0.39 is 0 Å². The molecule has 0 fully saturated rings. The third kappa shape index (κ3) is 1.57. The Bertz CT molecular complexity index is 906. The summed E-state index contributed by atoms with van der Waals surface area (Å²) in [6.45, 7) is 0. The molecule has 2 aliphatic heterocycles. The van der Waals surface area contributed by atoms with Crippen LogP contribution in [0.2, 0.25) is 0 Å². The average Bonchev–Trinajstić information content (AvgIpc) is 2.87. The molecule has 0 N–H and O–H groups in total. The van der Waals surface area contributed by atoms with Crippen molar-refractivity contribution in [2.75, 3.05) is 0 Å². The molecule has 0 bridgehead atoms. The number of nitrogens with zero attached hydrogens (tertiary/aromatic N) is 2. The van der Waals surface area contributed by atoms with Crippen molar-refractivity contribution >= 4 is 17.2 Å². The Labute approximate surface area is 115 Å². The van der Waals surface area contributed by atoms with Crippen molar-refractivity contribution in [1.82, 2.24) is 0 Å². The molecule has 0 atom stereocenters. The van der Waals surface area contributed by atoms with Crippen LogP contribution in [-0.2, 0) is 4.79 Å². The first-order valence-electron chi connectivity index (χ1n) is 6.41. The van der Waals surface area contributed by atoms with E-state index in [2.05, 4.69) is 9.98 Å². The average molecular weight is 258 g/mol. The molecular weight excluding hydrogens is 248 g/mol. The highest BCUT2D eigenvalue weighted by Crippen LogP contribution is 2.22. The van der Waals surface area contributed by atoms with Crippen molar-refractivity contribution in [1.29, 1.82) is 0 Å². The van der Waals surface area contributed by atoms with Crippen LogP contribution in [0.25, 0.3) is 5.57 Å². The third-order valence-electron chi connectivity index (χ3n) is 3.45. The number of fused-ring (bicyclic) bond motifs is 2. The molecule has 4 rings (SSSR count). The number of carbonyl (C=O) groups excluding carboxylic acids is 1. The highest BCUT2D eigenvalue weighted by atomic mass is 16.1. The molecule has 0 aliphatic carbocycles. The van der Waals surface area contributed by atoms with E-state index in [4.69, 9.17) is 0 Å². The maximum atomic E-state index is 12.3. The number of rotatable bonds is 1. The van der Waals surface area contributed by atoms with Gasteiger partial charge in [0.15, 0.2) is 0 Å². The van der Waals surface area contributed by atoms with Gasteiger partial charge in [0.25, 0.3) is 5.91 Å². The summed E-state index contributed by atoms with van der Waals surface area (Å²) < 4.78 is 0. The summed E-state index contributed by atoms with van der Waals surface area (Å²) in [7, 11) is 0. The minimum absolute atomic E-state index is 0.213. The van der Waals surface area contributed by atoms with Crippen LogP contribution in [0, 0.1) is 0 Å². The topological polar surface area (TPSA) is 41.8 Å². The van der Waals surface area contributed by atoms with Gasteiger partial charge in [0.1, 0.15) is 0 Å². The lowest BCUT2D eigenvalue weighted by molar-refractivity contribution is -0.112. The van der Waals surface area contributed by atoms with Gasteiger partial charge in [-0.3, -0.25) is 4.79 Å². The maximum Gasteiger partial charge on any atom is 0.280 e. The van der Waals surface area contributed by atoms with Crippen molar-refractivity contribution in [2.45, 2.75) is 0 Å². The van der Waals surface area contributed by atoms with Crippen LogP contribution >= 0.6 is 0 Å². The number of para-hydroxylation sites is 1. The van der Waals surface area contributed by atoms with Crippen molar-refractivity contribution in [3.05, 3.63) is 82.5 Å². The second kappa shape index (κ2) is 4.10. The van der Waals surface area contributed by atoms with Crippen LogP contribution in [0.1, 0.15) is 5.56 Å². The lowest BCUT2D eigenvalue weighted by Gasteiger charge is -2.09. The van der Waals surface area contributed by atoms with Gasteiger partial charge in [-0.2, -0.15) is 0 Å². The van der Waals surface area contributed by atoms with Gasteiger partial charge in [-0.25, -0.2) is 9.98 Å². The lowest BCUT2D eigenvalue weighted by Crippen LogP contribution is -2.25. The molecule has 2 aromatic rings. The minimum atomic E-state index is -0.213. The van der Waals surface area contributed by atoms with Crippen LogP contribution in [0.3, 0.4) is 0 Å². The van der Waals surface area contributed by atoms with Gasteiger partial charge in [-0.15, -0.1) is 0 Å². The predicted octanol–water partition coefficient (Wildman–Crippen LogP) is 1.38. The smallest absolute Gasteiger partial charge is 0.267 e. The summed E-state index contributed by atoms with van der Waals surface area (Å²) in [4.78, 5) is 21.0. The normalized spacial score (nSPS) is 16.0. The Hall–Kier alpha value is -2.81. The van der Waals surface area contributed by atoms with Gasteiger partial charge in [0.2, 0.25) is 0 Å². The van der Waals surface area contributed by atoms with E-state index >= 15 is 0 Å². The number of dihydropyridines is 1. The van der Waals surface area contributed by atoms with Gasteiger partial charge in [0, 0.05) is 10.8 Å². The van der Waals surface area contributed by atoms with Crippen molar-refractivity contribution in [3.63, 3.8) is 0 Å². The van der Waals surface area contributed by atoms with E-state index in [0.717, 1.165) is 16.1 Å². The molecule has 2 heterocycles. The molecular formula is C17H10N2O. The predicted molar refractivity (Wildman–Crippen MR) is 76.7 cm³/mol. The Morgan fingerprint density at radius 2 is 1.55 bits per heavy atom.